The summed E-state index contributed by atoms with van der Waals surface area (Å²) in [6.45, 7) is 1.80. The summed E-state index contributed by atoms with van der Waals surface area (Å²) in [5.41, 5.74) is 0.953. The molecule has 6 heteroatoms. The quantitative estimate of drug-likeness (QED) is 0.664. The van der Waals surface area contributed by atoms with Crippen LogP contribution in [0.5, 0.6) is 0 Å². The molecular formula is C14H12ClFN2O2. The molecule has 1 N–H and O–H groups in total. The van der Waals surface area contributed by atoms with Crippen molar-refractivity contribution in [1.82, 2.24) is 0 Å². The molecule has 1 atom stereocenters. The van der Waals surface area contributed by atoms with Gasteiger partial charge in [-0.2, -0.15) is 0 Å². The number of hydrogen-bond acceptors (Lipinski definition) is 3. The van der Waals surface area contributed by atoms with Gasteiger partial charge in [0.2, 0.25) is 0 Å². The zero-order chi connectivity index (χ0) is 14.7. The molecule has 2 aromatic rings. The van der Waals surface area contributed by atoms with Gasteiger partial charge in [-0.1, -0.05) is 29.8 Å². The van der Waals surface area contributed by atoms with Crippen LogP contribution in [0.4, 0.5) is 15.8 Å². The number of nitro groups is 1. The van der Waals surface area contributed by atoms with Crippen LogP contribution in [0.25, 0.3) is 0 Å². The van der Waals surface area contributed by atoms with E-state index in [1.165, 1.54) is 18.2 Å². The lowest BCUT2D eigenvalue weighted by Crippen LogP contribution is -2.08. The number of nitrogens with zero attached hydrogens (tertiary/aromatic N) is 1. The smallest absolute Gasteiger partial charge is 0.288 e. The van der Waals surface area contributed by atoms with E-state index >= 15 is 0 Å². The maximum atomic E-state index is 13.6. The second kappa shape index (κ2) is 5.88. The maximum absolute atomic E-state index is 13.6. The summed E-state index contributed by atoms with van der Waals surface area (Å²) in [6.07, 6.45) is 0. The number of rotatable bonds is 4. The molecule has 20 heavy (non-hydrogen) atoms. The van der Waals surface area contributed by atoms with Crippen molar-refractivity contribution in [2.75, 3.05) is 5.32 Å². The predicted octanol–water partition coefficient (Wildman–Crippen LogP) is 4.56. The third-order valence-corrected chi connectivity index (χ3v) is 3.20. The highest BCUT2D eigenvalue weighted by molar-refractivity contribution is 6.32. The molecule has 0 amide bonds. The molecule has 0 aliphatic rings. The molecule has 0 fully saturated rings. The van der Waals surface area contributed by atoms with Crippen LogP contribution in [0, 0.1) is 15.9 Å². The molecule has 0 radical (unpaired) electrons. The van der Waals surface area contributed by atoms with Crippen LogP contribution in [-0.2, 0) is 0 Å². The average Bonchev–Trinajstić information content (AvgIpc) is 2.38. The van der Waals surface area contributed by atoms with Crippen molar-refractivity contribution in [2.24, 2.45) is 0 Å². The molecule has 2 aromatic carbocycles. The topological polar surface area (TPSA) is 55.2 Å². The van der Waals surface area contributed by atoms with Crippen LogP contribution in [-0.4, -0.2) is 4.92 Å². The number of hydrogen-bond donors (Lipinski definition) is 1. The summed E-state index contributed by atoms with van der Waals surface area (Å²) in [4.78, 5) is 10.1. The van der Waals surface area contributed by atoms with E-state index in [0.29, 0.717) is 11.3 Å². The van der Waals surface area contributed by atoms with Crippen molar-refractivity contribution in [2.45, 2.75) is 13.0 Å². The summed E-state index contributed by atoms with van der Waals surface area (Å²) in [7, 11) is 0. The zero-order valence-electron chi connectivity index (χ0n) is 10.6. The third kappa shape index (κ3) is 3.05. The van der Waals surface area contributed by atoms with Gasteiger partial charge in [0.25, 0.3) is 5.69 Å². The average molecular weight is 295 g/mol. The van der Waals surface area contributed by atoms with E-state index in [2.05, 4.69) is 5.32 Å². The van der Waals surface area contributed by atoms with Crippen LogP contribution in [0.3, 0.4) is 0 Å². The summed E-state index contributed by atoms with van der Waals surface area (Å²) < 4.78 is 13.6. The van der Waals surface area contributed by atoms with E-state index in [0.717, 1.165) is 0 Å². The minimum Gasteiger partial charge on any atom is -0.378 e. The van der Waals surface area contributed by atoms with Gasteiger partial charge in [0.05, 0.1) is 11.0 Å². The molecule has 0 aliphatic carbocycles. The molecule has 4 nitrogen and oxygen atoms in total. The van der Waals surface area contributed by atoms with Gasteiger partial charge in [-0.05, 0) is 25.1 Å². The van der Waals surface area contributed by atoms with Gasteiger partial charge < -0.3 is 5.32 Å². The SMILES string of the molecule is CC(Nc1ccc([N+](=O)[O-])c(Cl)c1)c1ccccc1F. The number of halogens is 2. The Labute approximate surface area is 120 Å². The van der Waals surface area contributed by atoms with E-state index in [4.69, 9.17) is 11.6 Å². The Morgan fingerprint density at radius 1 is 1.30 bits per heavy atom. The predicted molar refractivity (Wildman–Crippen MR) is 76.5 cm³/mol. The van der Waals surface area contributed by atoms with E-state index in [9.17, 15) is 14.5 Å². The van der Waals surface area contributed by atoms with Crippen LogP contribution in [0.2, 0.25) is 5.02 Å². The minimum atomic E-state index is -0.549. The number of anilines is 1. The monoisotopic (exact) mass is 294 g/mol. The van der Waals surface area contributed by atoms with Crippen LogP contribution in [0.15, 0.2) is 42.5 Å². The molecule has 0 aromatic heterocycles. The molecule has 0 saturated carbocycles. The van der Waals surface area contributed by atoms with Crippen molar-refractivity contribution < 1.29 is 9.31 Å². The van der Waals surface area contributed by atoms with Crippen molar-refractivity contribution in [3.63, 3.8) is 0 Å². The summed E-state index contributed by atoms with van der Waals surface area (Å²) in [5, 5.41) is 13.8. The normalized spacial score (nSPS) is 11.9. The first-order chi connectivity index (χ1) is 9.49. The lowest BCUT2D eigenvalue weighted by Gasteiger charge is -2.16. The fraction of sp³-hybridized carbons (Fsp3) is 0.143. The third-order valence-electron chi connectivity index (χ3n) is 2.90. The molecule has 0 saturated heterocycles. The van der Waals surface area contributed by atoms with E-state index < -0.39 is 4.92 Å². The first-order valence-corrected chi connectivity index (χ1v) is 6.31. The molecule has 0 heterocycles. The Balaban J connectivity index is 2.20. The van der Waals surface area contributed by atoms with Gasteiger partial charge in [-0.3, -0.25) is 10.1 Å². The van der Waals surface area contributed by atoms with Gasteiger partial charge >= 0.3 is 0 Å². The molecular weight excluding hydrogens is 283 g/mol. The molecule has 0 bridgehead atoms. The highest BCUT2D eigenvalue weighted by Gasteiger charge is 2.14. The first kappa shape index (κ1) is 14.3. The largest absolute Gasteiger partial charge is 0.378 e. The Hall–Kier alpha value is -2.14. The van der Waals surface area contributed by atoms with Crippen molar-refractivity contribution in [1.29, 1.82) is 0 Å². The Kier molecular flexibility index (Phi) is 4.20. The van der Waals surface area contributed by atoms with Gasteiger partial charge in [-0.25, -0.2) is 4.39 Å². The maximum Gasteiger partial charge on any atom is 0.288 e. The van der Waals surface area contributed by atoms with E-state index in [1.807, 2.05) is 0 Å². The van der Waals surface area contributed by atoms with Crippen molar-refractivity contribution >= 4 is 23.0 Å². The van der Waals surface area contributed by atoms with Crippen molar-refractivity contribution in [3.05, 3.63) is 69.0 Å². The highest BCUT2D eigenvalue weighted by atomic mass is 35.5. The van der Waals surface area contributed by atoms with Crippen LogP contribution in [0.1, 0.15) is 18.5 Å². The lowest BCUT2D eigenvalue weighted by molar-refractivity contribution is -0.384. The molecule has 0 spiro atoms. The van der Waals surface area contributed by atoms with Gasteiger partial charge in [0, 0.05) is 17.3 Å². The second-order valence-electron chi connectivity index (χ2n) is 4.31. The van der Waals surface area contributed by atoms with E-state index in [1.54, 1.807) is 31.2 Å². The second-order valence-corrected chi connectivity index (χ2v) is 4.72. The number of nitrogens with one attached hydrogen (secondary N) is 1. The van der Waals surface area contributed by atoms with Crippen molar-refractivity contribution in [3.8, 4) is 0 Å². The van der Waals surface area contributed by atoms with E-state index in [-0.39, 0.29) is 22.6 Å². The fourth-order valence-electron chi connectivity index (χ4n) is 1.90. The highest BCUT2D eigenvalue weighted by Crippen LogP contribution is 2.29. The Morgan fingerprint density at radius 3 is 2.60 bits per heavy atom. The summed E-state index contributed by atoms with van der Waals surface area (Å²) in [6, 6.07) is 10.5. The Bertz CT molecular complexity index is 649. The number of nitro benzene ring substituents is 1. The first-order valence-electron chi connectivity index (χ1n) is 5.94. The lowest BCUT2D eigenvalue weighted by atomic mass is 10.1. The summed E-state index contributed by atoms with van der Waals surface area (Å²) >= 11 is 5.83. The molecule has 1 unspecified atom stereocenters. The number of benzene rings is 2. The molecule has 104 valence electrons. The van der Waals surface area contributed by atoms with Crippen LogP contribution < -0.4 is 5.32 Å². The minimum absolute atomic E-state index is 0.0423. The van der Waals surface area contributed by atoms with Gasteiger partial charge in [0.15, 0.2) is 0 Å². The summed E-state index contributed by atoms with van der Waals surface area (Å²) in [5.74, 6) is -0.305. The fourth-order valence-corrected chi connectivity index (χ4v) is 2.15. The van der Waals surface area contributed by atoms with Gasteiger partial charge in [-0.15, -0.1) is 0 Å². The molecule has 2 rings (SSSR count). The zero-order valence-corrected chi connectivity index (χ0v) is 11.4. The standard InChI is InChI=1S/C14H12ClFN2O2/c1-9(11-4-2-3-5-13(11)16)17-10-6-7-14(18(19)20)12(15)8-10/h2-9,17H,1H3. The van der Waals surface area contributed by atoms with Crippen LogP contribution >= 0.6 is 11.6 Å². The molecule has 0 aliphatic heterocycles. The van der Waals surface area contributed by atoms with Gasteiger partial charge in [0.1, 0.15) is 10.8 Å². The Morgan fingerprint density at radius 2 is 2.00 bits per heavy atom.